The Morgan fingerprint density at radius 3 is 2.83 bits per heavy atom. The third kappa shape index (κ3) is 2.57. The summed E-state index contributed by atoms with van der Waals surface area (Å²) in [5.74, 6) is -0.266. The van der Waals surface area contributed by atoms with Crippen molar-refractivity contribution < 1.29 is 9.13 Å². The molecule has 2 heterocycles. The van der Waals surface area contributed by atoms with E-state index in [9.17, 15) is 9.65 Å². The van der Waals surface area contributed by atoms with Gasteiger partial charge in [-0.05, 0) is 46.6 Å². The molecule has 0 radical (unpaired) electrons. The molecule has 1 unspecified atom stereocenters. The quantitative estimate of drug-likeness (QED) is 0.849. The Morgan fingerprint density at radius 1 is 1.39 bits per heavy atom. The zero-order valence-corrected chi connectivity index (χ0v) is 14.1. The normalized spacial score (nSPS) is 16.4. The van der Waals surface area contributed by atoms with Crippen LogP contribution in [-0.2, 0) is 0 Å². The van der Waals surface area contributed by atoms with Gasteiger partial charge in [-0.3, -0.25) is 0 Å². The minimum atomic E-state index is -0.364. The number of anilines is 1. The van der Waals surface area contributed by atoms with Gasteiger partial charge in [0.05, 0.1) is 34.7 Å². The van der Waals surface area contributed by atoms with E-state index in [0.29, 0.717) is 15.9 Å². The fourth-order valence-electron chi connectivity index (χ4n) is 2.81. The van der Waals surface area contributed by atoms with Crippen LogP contribution in [-0.4, -0.2) is 12.1 Å². The Hall–Kier alpha value is -2.39. The van der Waals surface area contributed by atoms with Crippen LogP contribution in [0.4, 0.5) is 10.1 Å². The molecule has 4 nitrogen and oxygen atoms in total. The molecule has 1 aromatic heterocycles. The SMILES string of the molecule is COc1nccc2c1C(c1ccc(F)c(Br)c1)C(C#N)=C(C)N2. The molecule has 1 atom stereocenters. The number of pyridine rings is 1. The maximum Gasteiger partial charge on any atom is 0.219 e. The monoisotopic (exact) mass is 373 g/mol. The van der Waals surface area contributed by atoms with Crippen LogP contribution >= 0.6 is 15.9 Å². The van der Waals surface area contributed by atoms with Gasteiger partial charge in [-0.1, -0.05) is 6.07 Å². The molecular formula is C17H13BrFN3O. The molecule has 0 amide bonds. The summed E-state index contributed by atoms with van der Waals surface area (Å²) >= 11 is 3.21. The summed E-state index contributed by atoms with van der Waals surface area (Å²) in [6.07, 6.45) is 1.65. The standard InChI is InChI=1S/C17H13BrFN3O/c1-9-11(8-20)15(10-3-4-13(19)12(18)7-10)16-14(22-9)5-6-21-17(16)23-2/h3-7,15,22H,1-2H3. The van der Waals surface area contributed by atoms with E-state index in [1.54, 1.807) is 18.3 Å². The highest BCUT2D eigenvalue weighted by Gasteiger charge is 2.32. The number of aromatic nitrogens is 1. The highest BCUT2D eigenvalue weighted by atomic mass is 79.9. The molecule has 0 spiro atoms. The van der Waals surface area contributed by atoms with Gasteiger partial charge in [0.1, 0.15) is 5.82 Å². The van der Waals surface area contributed by atoms with Crippen molar-refractivity contribution in [3.8, 4) is 11.9 Å². The topological polar surface area (TPSA) is 57.9 Å². The third-order valence-electron chi connectivity index (χ3n) is 3.85. The number of methoxy groups -OCH3 is 1. The number of allylic oxidation sites excluding steroid dienone is 2. The van der Waals surface area contributed by atoms with Gasteiger partial charge >= 0.3 is 0 Å². The fourth-order valence-corrected chi connectivity index (χ4v) is 3.21. The Morgan fingerprint density at radius 2 is 2.17 bits per heavy atom. The van der Waals surface area contributed by atoms with Crippen LogP contribution in [0.3, 0.4) is 0 Å². The van der Waals surface area contributed by atoms with Crippen molar-refractivity contribution >= 4 is 21.6 Å². The lowest BCUT2D eigenvalue weighted by Gasteiger charge is -2.29. The van der Waals surface area contributed by atoms with Crippen molar-refractivity contribution in [3.05, 3.63) is 63.1 Å². The van der Waals surface area contributed by atoms with E-state index in [1.807, 2.05) is 13.0 Å². The first kappa shape index (κ1) is 15.5. The first-order valence-electron chi connectivity index (χ1n) is 6.92. The van der Waals surface area contributed by atoms with E-state index >= 15 is 0 Å². The number of benzene rings is 1. The summed E-state index contributed by atoms with van der Waals surface area (Å²) in [6, 6.07) is 8.84. The van der Waals surface area contributed by atoms with E-state index in [4.69, 9.17) is 4.74 Å². The molecule has 0 saturated heterocycles. The molecular weight excluding hydrogens is 361 g/mol. The van der Waals surface area contributed by atoms with Crippen LogP contribution in [0, 0.1) is 17.1 Å². The van der Waals surface area contributed by atoms with Crippen molar-refractivity contribution in [2.45, 2.75) is 12.8 Å². The maximum atomic E-state index is 13.6. The van der Waals surface area contributed by atoms with E-state index in [1.165, 1.54) is 13.2 Å². The molecule has 1 aliphatic heterocycles. The van der Waals surface area contributed by atoms with Gasteiger partial charge < -0.3 is 10.1 Å². The first-order chi connectivity index (χ1) is 11.1. The van der Waals surface area contributed by atoms with Crippen molar-refractivity contribution in [1.29, 1.82) is 5.26 Å². The van der Waals surface area contributed by atoms with Crippen LogP contribution in [0.2, 0.25) is 0 Å². The lowest BCUT2D eigenvalue weighted by atomic mass is 9.82. The molecule has 1 aromatic carbocycles. The maximum absolute atomic E-state index is 13.6. The molecule has 3 rings (SSSR count). The Bertz CT molecular complexity index is 857. The first-order valence-corrected chi connectivity index (χ1v) is 7.71. The molecule has 0 bridgehead atoms. The Kier molecular flexibility index (Phi) is 4.05. The Labute approximate surface area is 141 Å². The lowest BCUT2D eigenvalue weighted by Crippen LogP contribution is -2.18. The number of nitrogens with zero attached hydrogens (tertiary/aromatic N) is 2. The summed E-state index contributed by atoms with van der Waals surface area (Å²) in [4.78, 5) is 4.24. The smallest absolute Gasteiger partial charge is 0.219 e. The number of rotatable bonds is 2. The van der Waals surface area contributed by atoms with Crippen LogP contribution in [0.5, 0.6) is 5.88 Å². The summed E-state index contributed by atoms with van der Waals surface area (Å²) < 4.78 is 19.3. The zero-order valence-electron chi connectivity index (χ0n) is 12.5. The number of hydrogen-bond acceptors (Lipinski definition) is 4. The number of nitriles is 1. The summed E-state index contributed by atoms with van der Waals surface area (Å²) in [7, 11) is 1.54. The van der Waals surface area contributed by atoms with Gasteiger partial charge in [-0.2, -0.15) is 5.26 Å². The molecule has 1 aliphatic rings. The van der Waals surface area contributed by atoms with Crippen molar-refractivity contribution in [3.63, 3.8) is 0 Å². The van der Waals surface area contributed by atoms with Gasteiger partial charge in [-0.15, -0.1) is 0 Å². The Balaban J connectivity index is 2.28. The van der Waals surface area contributed by atoms with Crippen molar-refractivity contribution in [2.75, 3.05) is 12.4 Å². The predicted octanol–water partition coefficient (Wildman–Crippen LogP) is 4.35. The van der Waals surface area contributed by atoms with E-state index in [2.05, 4.69) is 32.3 Å². The van der Waals surface area contributed by atoms with Gasteiger partial charge in [0.15, 0.2) is 0 Å². The molecule has 1 N–H and O–H groups in total. The van der Waals surface area contributed by atoms with Crippen LogP contribution in [0.25, 0.3) is 0 Å². The zero-order chi connectivity index (χ0) is 16.6. The summed E-state index contributed by atoms with van der Waals surface area (Å²) in [5, 5.41) is 12.8. The summed E-state index contributed by atoms with van der Waals surface area (Å²) in [5.41, 5.74) is 3.72. The molecule has 6 heteroatoms. The average molecular weight is 374 g/mol. The molecule has 23 heavy (non-hydrogen) atoms. The highest BCUT2D eigenvalue weighted by Crippen LogP contribution is 2.45. The third-order valence-corrected chi connectivity index (χ3v) is 4.46. The second-order valence-electron chi connectivity index (χ2n) is 5.16. The molecule has 0 fully saturated rings. The van der Waals surface area contributed by atoms with Crippen molar-refractivity contribution in [2.24, 2.45) is 0 Å². The minimum absolute atomic E-state index is 0.347. The lowest BCUT2D eigenvalue weighted by molar-refractivity contribution is 0.392. The number of halogens is 2. The van der Waals surface area contributed by atoms with Gasteiger partial charge in [0.25, 0.3) is 0 Å². The van der Waals surface area contributed by atoms with Crippen LogP contribution in [0.1, 0.15) is 24.0 Å². The van der Waals surface area contributed by atoms with Crippen LogP contribution < -0.4 is 10.1 Å². The predicted molar refractivity (Wildman–Crippen MR) is 88.7 cm³/mol. The fraction of sp³-hybridized carbons (Fsp3) is 0.176. The second-order valence-corrected chi connectivity index (χ2v) is 6.02. The average Bonchev–Trinajstić information content (AvgIpc) is 2.55. The van der Waals surface area contributed by atoms with Crippen molar-refractivity contribution in [1.82, 2.24) is 4.98 Å². The van der Waals surface area contributed by atoms with Crippen LogP contribution in [0.15, 0.2) is 46.2 Å². The molecule has 0 aliphatic carbocycles. The largest absolute Gasteiger partial charge is 0.481 e. The number of ether oxygens (including phenoxy) is 1. The van der Waals surface area contributed by atoms with E-state index in [0.717, 1.165) is 22.5 Å². The number of nitrogens with one attached hydrogen (secondary N) is 1. The van der Waals surface area contributed by atoms with E-state index in [-0.39, 0.29) is 11.7 Å². The molecule has 0 saturated carbocycles. The molecule has 116 valence electrons. The highest BCUT2D eigenvalue weighted by molar-refractivity contribution is 9.10. The number of fused-ring (bicyclic) bond motifs is 1. The van der Waals surface area contributed by atoms with Gasteiger partial charge in [0.2, 0.25) is 5.88 Å². The van der Waals surface area contributed by atoms with E-state index < -0.39 is 0 Å². The minimum Gasteiger partial charge on any atom is -0.481 e. The van der Waals surface area contributed by atoms with Gasteiger partial charge in [0, 0.05) is 17.6 Å². The number of hydrogen-bond donors (Lipinski definition) is 1. The summed E-state index contributed by atoms with van der Waals surface area (Å²) in [6.45, 7) is 1.85. The van der Waals surface area contributed by atoms with Gasteiger partial charge in [-0.25, -0.2) is 9.37 Å². The molecule has 2 aromatic rings. The second kappa shape index (κ2) is 6.01.